The van der Waals surface area contributed by atoms with Crippen molar-refractivity contribution >= 4 is 5.97 Å². The second kappa shape index (κ2) is 7.03. The maximum Gasteiger partial charge on any atom is 0.329 e. The molecule has 0 saturated carbocycles. The van der Waals surface area contributed by atoms with Crippen LogP contribution in [-0.4, -0.2) is 42.9 Å². The van der Waals surface area contributed by atoms with Crippen LogP contribution >= 0.6 is 0 Å². The lowest BCUT2D eigenvalue weighted by Crippen LogP contribution is -2.33. The average Bonchev–Trinajstić information content (AvgIpc) is 2.81. The summed E-state index contributed by atoms with van der Waals surface area (Å²) in [5, 5.41) is 3.09. The summed E-state index contributed by atoms with van der Waals surface area (Å²) in [7, 11) is 2.99. The molecule has 1 N–H and O–H groups in total. The molecule has 17 heavy (non-hydrogen) atoms. The Morgan fingerprint density at radius 3 is 2.94 bits per heavy atom. The van der Waals surface area contributed by atoms with Gasteiger partial charge in [-0.2, -0.15) is 0 Å². The Hall–Kier alpha value is -1.40. The van der Waals surface area contributed by atoms with Crippen LogP contribution in [0.15, 0.2) is 12.5 Å². The van der Waals surface area contributed by atoms with Gasteiger partial charge >= 0.3 is 5.97 Å². The highest BCUT2D eigenvalue weighted by atomic mass is 16.5. The average molecular weight is 241 g/mol. The smallest absolute Gasteiger partial charge is 0.329 e. The number of esters is 1. The first-order valence-electron chi connectivity index (χ1n) is 5.54. The molecule has 0 aliphatic heterocycles. The molecule has 1 unspecified atom stereocenters. The first-order valence-corrected chi connectivity index (χ1v) is 5.54. The van der Waals surface area contributed by atoms with Gasteiger partial charge in [0.2, 0.25) is 0 Å². The number of ether oxygens (including phenoxy) is 2. The van der Waals surface area contributed by atoms with E-state index in [2.05, 4.69) is 10.3 Å². The first-order chi connectivity index (χ1) is 8.24. The number of aromatic nitrogens is 2. The van der Waals surface area contributed by atoms with Gasteiger partial charge in [-0.1, -0.05) is 0 Å². The number of methoxy groups -OCH3 is 2. The van der Waals surface area contributed by atoms with Crippen LogP contribution in [0.5, 0.6) is 0 Å². The van der Waals surface area contributed by atoms with Gasteiger partial charge in [0, 0.05) is 20.2 Å². The van der Waals surface area contributed by atoms with Crippen molar-refractivity contribution in [1.29, 1.82) is 0 Å². The predicted molar refractivity (Wildman–Crippen MR) is 62.5 cm³/mol. The van der Waals surface area contributed by atoms with Crippen molar-refractivity contribution in [3.63, 3.8) is 0 Å². The Morgan fingerprint density at radius 1 is 1.59 bits per heavy atom. The number of hydrogen-bond donors (Lipinski definition) is 1. The van der Waals surface area contributed by atoms with E-state index in [0.717, 1.165) is 12.2 Å². The van der Waals surface area contributed by atoms with Crippen LogP contribution in [-0.2, 0) is 20.8 Å². The number of aryl methyl sites for hydroxylation is 1. The predicted octanol–water partition coefficient (Wildman–Crippen LogP) is 0.353. The summed E-state index contributed by atoms with van der Waals surface area (Å²) < 4.78 is 11.6. The second-order valence-electron chi connectivity index (χ2n) is 3.51. The number of nitrogens with zero attached hydrogens (tertiary/aromatic N) is 2. The fraction of sp³-hybridized carbons (Fsp3) is 0.636. The van der Waals surface area contributed by atoms with Crippen molar-refractivity contribution in [1.82, 2.24) is 14.9 Å². The highest BCUT2D eigenvalue weighted by Gasteiger charge is 2.23. The highest BCUT2D eigenvalue weighted by Crippen LogP contribution is 2.14. The zero-order chi connectivity index (χ0) is 12.7. The summed E-state index contributed by atoms with van der Waals surface area (Å²) in [6.07, 6.45) is 3.37. The van der Waals surface area contributed by atoms with Gasteiger partial charge in [-0.15, -0.1) is 0 Å². The Labute approximate surface area is 101 Å². The van der Waals surface area contributed by atoms with Gasteiger partial charge in [-0.05, 0) is 6.92 Å². The summed E-state index contributed by atoms with van der Waals surface area (Å²) in [5.74, 6) is -0.323. The Kier molecular flexibility index (Phi) is 5.65. The SMILES string of the molecule is CCn1cncc1C(NCCOC)C(=O)OC. The minimum absolute atomic E-state index is 0.323. The van der Waals surface area contributed by atoms with E-state index < -0.39 is 6.04 Å². The molecule has 1 rings (SSSR count). The number of imidazole rings is 1. The van der Waals surface area contributed by atoms with Crippen LogP contribution < -0.4 is 5.32 Å². The number of hydrogen-bond acceptors (Lipinski definition) is 5. The first kappa shape index (κ1) is 13.7. The molecule has 0 spiro atoms. The van der Waals surface area contributed by atoms with Crippen molar-refractivity contribution < 1.29 is 14.3 Å². The van der Waals surface area contributed by atoms with Crippen molar-refractivity contribution in [2.24, 2.45) is 0 Å². The summed E-state index contributed by atoms with van der Waals surface area (Å²) >= 11 is 0. The molecule has 1 heterocycles. The normalized spacial score (nSPS) is 12.4. The van der Waals surface area contributed by atoms with E-state index in [0.29, 0.717) is 13.2 Å². The molecule has 0 saturated heterocycles. The maximum absolute atomic E-state index is 11.7. The molecular formula is C11H19N3O3. The van der Waals surface area contributed by atoms with Gasteiger partial charge in [0.25, 0.3) is 0 Å². The van der Waals surface area contributed by atoms with E-state index >= 15 is 0 Å². The van der Waals surface area contributed by atoms with Crippen molar-refractivity contribution in [3.05, 3.63) is 18.2 Å². The van der Waals surface area contributed by atoms with Crippen LogP contribution in [0.4, 0.5) is 0 Å². The topological polar surface area (TPSA) is 65.4 Å². The fourth-order valence-corrected chi connectivity index (χ4v) is 1.57. The Balaban J connectivity index is 2.78. The highest BCUT2D eigenvalue weighted by molar-refractivity contribution is 5.76. The summed E-state index contributed by atoms with van der Waals surface area (Å²) in [4.78, 5) is 15.7. The van der Waals surface area contributed by atoms with Crippen LogP contribution in [0.25, 0.3) is 0 Å². The minimum atomic E-state index is -0.502. The van der Waals surface area contributed by atoms with Gasteiger partial charge in [0.05, 0.1) is 31.9 Å². The van der Waals surface area contributed by atoms with E-state index in [1.54, 1.807) is 19.6 Å². The van der Waals surface area contributed by atoms with E-state index in [1.165, 1.54) is 7.11 Å². The monoisotopic (exact) mass is 241 g/mol. The lowest BCUT2D eigenvalue weighted by atomic mass is 10.2. The molecule has 0 radical (unpaired) electrons. The molecule has 0 aromatic carbocycles. The Bertz CT molecular complexity index is 351. The lowest BCUT2D eigenvalue weighted by molar-refractivity contribution is -0.143. The molecule has 6 heteroatoms. The standard InChI is InChI=1S/C11H19N3O3/c1-4-14-8-12-7-9(14)10(11(15)17-3)13-5-6-16-2/h7-8,10,13H,4-6H2,1-3H3. The molecule has 0 aliphatic carbocycles. The molecule has 0 bridgehead atoms. The van der Waals surface area contributed by atoms with Crippen LogP contribution in [0.3, 0.4) is 0 Å². The van der Waals surface area contributed by atoms with Gasteiger partial charge in [-0.25, -0.2) is 9.78 Å². The molecule has 6 nitrogen and oxygen atoms in total. The van der Waals surface area contributed by atoms with Crippen molar-refractivity contribution in [2.45, 2.75) is 19.5 Å². The fourth-order valence-electron chi connectivity index (χ4n) is 1.57. The molecule has 0 aliphatic rings. The number of carbonyl (C=O) groups excluding carboxylic acids is 1. The largest absolute Gasteiger partial charge is 0.468 e. The minimum Gasteiger partial charge on any atom is -0.468 e. The Morgan fingerprint density at radius 2 is 2.35 bits per heavy atom. The van der Waals surface area contributed by atoms with Gasteiger partial charge in [-0.3, -0.25) is 5.32 Å². The number of nitrogens with one attached hydrogen (secondary N) is 1. The summed E-state index contributed by atoms with van der Waals surface area (Å²) in [6, 6.07) is -0.502. The third kappa shape index (κ3) is 3.54. The van der Waals surface area contributed by atoms with E-state index in [9.17, 15) is 4.79 Å². The van der Waals surface area contributed by atoms with Gasteiger partial charge in [0.1, 0.15) is 6.04 Å². The van der Waals surface area contributed by atoms with Crippen LogP contribution in [0.2, 0.25) is 0 Å². The number of rotatable bonds is 7. The van der Waals surface area contributed by atoms with E-state index in [-0.39, 0.29) is 5.97 Å². The lowest BCUT2D eigenvalue weighted by Gasteiger charge is -2.17. The van der Waals surface area contributed by atoms with Gasteiger partial charge in [0.15, 0.2) is 0 Å². The van der Waals surface area contributed by atoms with Crippen molar-refractivity contribution in [3.8, 4) is 0 Å². The van der Waals surface area contributed by atoms with E-state index in [1.807, 2.05) is 11.5 Å². The third-order valence-corrected chi connectivity index (χ3v) is 2.47. The quantitative estimate of drug-likeness (QED) is 0.551. The van der Waals surface area contributed by atoms with Crippen LogP contribution in [0.1, 0.15) is 18.7 Å². The molecule has 96 valence electrons. The molecular weight excluding hydrogens is 222 g/mol. The summed E-state index contributed by atoms with van der Waals surface area (Å²) in [6.45, 7) is 3.86. The third-order valence-electron chi connectivity index (χ3n) is 2.47. The molecule has 1 aromatic rings. The summed E-state index contributed by atoms with van der Waals surface area (Å²) in [5.41, 5.74) is 0.801. The molecule has 1 atom stereocenters. The zero-order valence-corrected chi connectivity index (χ0v) is 10.5. The zero-order valence-electron chi connectivity index (χ0n) is 10.5. The second-order valence-corrected chi connectivity index (χ2v) is 3.51. The van der Waals surface area contributed by atoms with E-state index in [4.69, 9.17) is 9.47 Å². The molecule has 0 fully saturated rings. The maximum atomic E-state index is 11.7. The van der Waals surface area contributed by atoms with Gasteiger partial charge < -0.3 is 14.0 Å². The molecule has 0 amide bonds. The number of carbonyl (C=O) groups is 1. The van der Waals surface area contributed by atoms with Crippen molar-refractivity contribution in [2.75, 3.05) is 27.4 Å². The molecule has 1 aromatic heterocycles. The van der Waals surface area contributed by atoms with Crippen LogP contribution in [0, 0.1) is 0 Å².